The van der Waals surface area contributed by atoms with Gasteiger partial charge in [-0.15, -0.1) is 0 Å². The average molecular weight is 440 g/mol. The van der Waals surface area contributed by atoms with E-state index in [1.165, 1.54) is 5.56 Å². The summed E-state index contributed by atoms with van der Waals surface area (Å²) in [5.41, 5.74) is 2.43. The molecule has 7 nitrogen and oxygen atoms in total. The van der Waals surface area contributed by atoms with Crippen molar-refractivity contribution in [1.82, 2.24) is 20.5 Å². The first-order chi connectivity index (χ1) is 15.7. The Morgan fingerprint density at radius 3 is 2.69 bits per heavy atom. The van der Waals surface area contributed by atoms with E-state index in [1.807, 2.05) is 18.3 Å². The van der Waals surface area contributed by atoms with Crippen molar-refractivity contribution in [2.75, 3.05) is 33.4 Å². The van der Waals surface area contributed by atoms with Crippen LogP contribution in [0, 0.1) is 0 Å². The Hall–Kier alpha value is -2.64. The fourth-order valence-electron chi connectivity index (χ4n) is 3.91. The summed E-state index contributed by atoms with van der Waals surface area (Å²) in [6.45, 7) is 8.97. The van der Waals surface area contributed by atoms with Gasteiger partial charge in [0.2, 0.25) is 5.88 Å². The van der Waals surface area contributed by atoms with E-state index in [1.54, 1.807) is 7.11 Å². The molecule has 7 heteroatoms. The zero-order chi connectivity index (χ0) is 22.6. The Labute approximate surface area is 192 Å². The third-order valence-corrected chi connectivity index (χ3v) is 5.68. The van der Waals surface area contributed by atoms with Crippen LogP contribution in [0.15, 0.2) is 53.7 Å². The summed E-state index contributed by atoms with van der Waals surface area (Å²) in [6.07, 6.45) is 4.03. The molecule has 1 aliphatic heterocycles. The van der Waals surface area contributed by atoms with Gasteiger partial charge in [0.25, 0.3) is 0 Å². The number of rotatable bonds is 10. The number of hydrogen-bond donors (Lipinski definition) is 2. The first kappa shape index (κ1) is 24.0. The highest BCUT2D eigenvalue weighted by Gasteiger charge is 2.25. The molecule has 2 heterocycles. The molecule has 0 spiro atoms. The molecule has 32 heavy (non-hydrogen) atoms. The summed E-state index contributed by atoms with van der Waals surface area (Å²) in [7, 11) is 1.66. The van der Waals surface area contributed by atoms with Gasteiger partial charge in [-0.05, 0) is 37.8 Å². The second kappa shape index (κ2) is 13.0. The van der Waals surface area contributed by atoms with Crippen molar-refractivity contribution >= 4 is 5.96 Å². The molecule has 1 aromatic heterocycles. The maximum absolute atomic E-state index is 5.52. The quantitative estimate of drug-likeness (QED) is 0.337. The van der Waals surface area contributed by atoms with Crippen molar-refractivity contribution in [3.8, 4) is 5.88 Å². The minimum absolute atomic E-state index is 0.421. The Kier molecular flexibility index (Phi) is 9.78. The lowest BCUT2D eigenvalue weighted by Gasteiger charge is -2.38. The number of hydrogen-bond acceptors (Lipinski definition) is 5. The van der Waals surface area contributed by atoms with E-state index in [0.29, 0.717) is 37.7 Å². The minimum atomic E-state index is 0.421. The lowest BCUT2D eigenvalue weighted by atomic mass is 9.97. The van der Waals surface area contributed by atoms with Crippen LogP contribution in [-0.2, 0) is 17.8 Å². The third-order valence-electron chi connectivity index (χ3n) is 5.68. The Morgan fingerprint density at radius 2 is 2.00 bits per heavy atom. The van der Waals surface area contributed by atoms with Crippen LogP contribution in [0.1, 0.15) is 37.8 Å². The fourth-order valence-corrected chi connectivity index (χ4v) is 3.91. The van der Waals surface area contributed by atoms with Crippen LogP contribution >= 0.6 is 0 Å². The van der Waals surface area contributed by atoms with E-state index in [-0.39, 0.29) is 0 Å². The van der Waals surface area contributed by atoms with Crippen LogP contribution in [0.4, 0.5) is 0 Å². The molecule has 0 radical (unpaired) electrons. The highest BCUT2D eigenvalue weighted by Crippen LogP contribution is 2.20. The van der Waals surface area contributed by atoms with Crippen LogP contribution in [-0.4, -0.2) is 61.3 Å². The molecular weight excluding hydrogens is 402 g/mol. The minimum Gasteiger partial charge on any atom is -0.475 e. The zero-order valence-corrected chi connectivity index (χ0v) is 19.6. The maximum atomic E-state index is 5.52. The van der Waals surface area contributed by atoms with Gasteiger partial charge in [-0.25, -0.2) is 9.98 Å². The molecule has 2 atom stereocenters. The fraction of sp³-hybridized carbons (Fsp3) is 0.520. The molecule has 3 rings (SSSR count). The highest BCUT2D eigenvalue weighted by molar-refractivity contribution is 5.80. The molecule has 174 valence electrons. The van der Waals surface area contributed by atoms with Gasteiger partial charge in [0, 0.05) is 51.1 Å². The largest absolute Gasteiger partial charge is 0.475 e. The Balaban J connectivity index is 1.49. The van der Waals surface area contributed by atoms with E-state index >= 15 is 0 Å². The van der Waals surface area contributed by atoms with E-state index in [9.17, 15) is 0 Å². The van der Waals surface area contributed by atoms with E-state index in [0.717, 1.165) is 44.0 Å². The van der Waals surface area contributed by atoms with Crippen molar-refractivity contribution in [2.45, 2.75) is 51.9 Å². The van der Waals surface area contributed by atoms with E-state index < -0.39 is 0 Å². The first-order valence-electron chi connectivity index (χ1n) is 11.6. The number of piperidine rings is 1. The molecule has 1 fully saturated rings. The summed E-state index contributed by atoms with van der Waals surface area (Å²) in [4.78, 5) is 11.7. The van der Waals surface area contributed by atoms with Crippen LogP contribution in [0.3, 0.4) is 0 Å². The highest BCUT2D eigenvalue weighted by atomic mass is 16.5. The molecule has 1 saturated heterocycles. The zero-order valence-electron chi connectivity index (χ0n) is 19.6. The van der Waals surface area contributed by atoms with Gasteiger partial charge in [-0.2, -0.15) is 0 Å². The molecule has 2 N–H and O–H groups in total. The van der Waals surface area contributed by atoms with Crippen LogP contribution in [0.25, 0.3) is 0 Å². The number of pyridine rings is 1. The summed E-state index contributed by atoms with van der Waals surface area (Å²) < 4.78 is 10.5. The SMILES string of the molecule is CCNC(=NCc1ccc(OCCOC)nc1)NC1CCN(Cc2ccccc2)C(C)C1. The summed E-state index contributed by atoms with van der Waals surface area (Å²) in [6, 6.07) is 15.6. The number of ether oxygens (including phenoxy) is 2. The van der Waals surface area contributed by atoms with Crippen molar-refractivity contribution in [3.63, 3.8) is 0 Å². The van der Waals surface area contributed by atoms with E-state index in [2.05, 4.69) is 64.7 Å². The number of guanidine groups is 1. The summed E-state index contributed by atoms with van der Waals surface area (Å²) in [5, 5.41) is 7.02. The monoisotopic (exact) mass is 439 g/mol. The number of methoxy groups -OCH3 is 1. The molecule has 0 aliphatic carbocycles. The van der Waals surface area contributed by atoms with Crippen molar-refractivity contribution in [1.29, 1.82) is 0 Å². The smallest absolute Gasteiger partial charge is 0.213 e. The number of aliphatic imine (C=N–C) groups is 1. The van der Waals surface area contributed by atoms with Gasteiger partial charge >= 0.3 is 0 Å². The second-order valence-electron chi connectivity index (χ2n) is 8.21. The van der Waals surface area contributed by atoms with Crippen molar-refractivity contribution in [2.24, 2.45) is 4.99 Å². The molecule has 0 amide bonds. The number of aromatic nitrogens is 1. The third kappa shape index (κ3) is 7.80. The van der Waals surface area contributed by atoms with Gasteiger partial charge in [-0.1, -0.05) is 36.4 Å². The molecular formula is C25H37N5O2. The van der Waals surface area contributed by atoms with Gasteiger partial charge in [0.1, 0.15) is 6.61 Å². The van der Waals surface area contributed by atoms with Gasteiger partial charge in [0.15, 0.2) is 5.96 Å². The average Bonchev–Trinajstić information content (AvgIpc) is 2.81. The standard InChI is InChI=1S/C25H37N5O2/c1-4-26-25(28-18-22-10-11-24(27-17-22)32-15-14-31-3)29-23-12-13-30(20(2)16-23)19-21-8-6-5-7-9-21/h5-11,17,20,23H,4,12-16,18-19H2,1-3H3,(H2,26,28,29). The predicted octanol–water partition coefficient (Wildman–Crippen LogP) is 3.22. The second-order valence-corrected chi connectivity index (χ2v) is 8.21. The Morgan fingerprint density at radius 1 is 1.16 bits per heavy atom. The number of nitrogens with one attached hydrogen (secondary N) is 2. The predicted molar refractivity (Wildman–Crippen MR) is 129 cm³/mol. The van der Waals surface area contributed by atoms with Crippen LogP contribution in [0.5, 0.6) is 5.88 Å². The van der Waals surface area contributed by atoms with E-state index in [4.69, 9.17) is 14.5 Å². The lowest BCUT2D eigenvalue weighted by Crippen LogP contribution is -2.51. The number of likely N-dealkylation sites (tertiary alicyclic amines) is 1. The van der Waals surface area contributed by atoms with Gasteiger partial charge in [0.05, 0.1) is 13.2 Å². The van der Waals surface area contributed by atoms with Crippen molar-refractivity contribution < 1.29 is 9.47 Å². The first-order valence-corrected chi connectivity index (χ1v) is 11.6. The summed E-state index contributed by atoms with van der Waals surface area (Å²) >= 11 is 0. The Bertz CT molecular complexity index is 813. The van der Waals surface area contributed by atoms with Gasteiger partial charge < -0.3 is 20.1 Å². The summed E-state index contributed by atoms with van der Waals surface area (Å²) in [5.74, 6) is 1.47. The van der Waals surface area contributed by atoms with Crippen LogP contribution in [0.2, 0.25) is 0 Å². The van der Waals surface area contributed by atoms with Crippen LogP contribution < -0.4 is 15.4 Å². The molecule has 0 saturated carbocycles. The molecule has 2 unspecified atom stereocenters. The molecule has 0 bridgehead atoms. The topological polar surface area (TPSA) is 71.0 Å². The number of nitrogens with zero attached hydrogens (tertiary/aromatic N) is 3. The lowest BCUT2D eigenvalue weighted by molar-refractivity contribution is 0.134. The molecule has 2 aromatic rings. The number of benzene rings is 1. The molecule has 1 aliphatic rings. The van der Waals surface area contributed by atoms with Gasteiger partial charge in [-0.3, -0.25) is 4.90 Å². The van der Waals surface area contributed by atoms with Crippen molar-refractivity contribution in [3.05, 3.63) is 59.8 Å². The normalized spacial score (nSPS) is 19.5. The maximum Gasteiger partial charge on any atom is 0.213 e. The molecule has 1 aromatic carbocycles.